The largest absolute Gasteiger partial charge is 0.326 e. The molecule has 1 saturated heterocycles. The van der Waals surface area contributed by atoms with Crippen LogP contribution in [0.4, 0.5) is 11.4 Å². The van der Waals surface area contributed by atoms with Crippen LogP contribution in [0, 0.1) is 19.8 Å². The van der Waals surface area contributed by atoms with E-state index in [9.17, 15) is 18.0 Å². The topological polar surface area (TPSA) is 95.6 Å². The standard InChI is InChI=1S/C25H31N3O4S/c1-17-8-11-22(14-18(17)2)28-16-19(15-24(28)29)25(30)26-20-9-12-23(13-10-20)33(31,32)27-21-6-4-3-5-7-21/h8-14,19,21,27H,3-7,15-16H2,1-2H3,(H,26,30). The molecule has 2 aliphatic rings. The molecule has 0 spiro atoms. The Bertz CT molecular complexity index is 1140. The molecule has 8 heteroatoms. The Kier molecular flexibility index (Phi) is 6.86. The van der Waals surface area contributed by atoms with Crippen LogP contribution in [0.1, 0.15) is 49.7 Å². The minimum Gasteiger partial charge on any atom is -0.326 e. The number of hydrogen-bond donors (Lipinski definition) is 2. The van der Waals surface area contributed by atoms with Gasteiger partial charge in [0.1, 0.15) is 0 Å². The zero-order valence-corrected chi connectivity index (χ0v) is 20.0. The summed E-state index contributed by atoms with van der Waals surface area (Å²) in [5, 5.41) is 2.82. The maximum absolute atomic E-state index is 12.8. The molecule has 1 saturated carbocycles. The van der Waals surface area contributed by atoms with E-state index in [4.69, 9.17) is 0 Å². The van der Waals surface area contributed by atoms with Crippen molar-refractivity contribution in [1.82, 2.24) is 4.72 Å². The van der Waals surface area contributed by atoms with Gasteiger partial charge < -0.3 is 10.2 Å². The number of aryl methyl sites for hydroxylation is 2. The molecule has 2 fully saturated rings. The van der Waals surface area contributed by atoms with E-state index < -0.39 is 15.9 Å². The highest BCUT2D eigenvalue weighted by Crippen LogP contribution is 2.28. The molecule has 0 bridgehead atoms. The van der Waals surface area contributed by atoms with Crippen molar-refractivity contribution in [3.63, 3.8) is 0 Å². The van der Waals surface area contributed by atoms with E-state index in [0.717, 1.165) is 48.9 Å². The molecule has 1 unspecified atom stereocenters. The Morgan fingerprint density at radius 3 is 2.33 bits per heavy atom. The van der Waals surface area contributed by atoms with Crippen LogP contribution in [0.3, 0.4) is 0 Å². The van der Waals surface area contributed by atoms with Crippen molar-refractivity contribution in [2.45, 2.75) is 63.3 Å². The van der Waals surface area contributed by atoms with Crippen LogP contribution >= 0.6 is 0 Å². The van der Waals surface area contributed by atoms with Gasteiger partial charge in [-0.25, -0.2) is 13.1 Å². The van der Waals surface area contributed by atoms with E-state index in [1.165, 1.54) is 12.1 Å². The van der Waals surface area contributed by atoms with Gasteiger partial charge in [0.15, 0.2) is 0 Å². The summed E-state index contributed by atoms with van der Waals surface area (Å²) in [7, 11) is -3.59. The zero-order chi connectivity index (χ0) is 23.6. The fourth-order valence-corrected chi connectivity index (χ4v) is 5.80. The van der Waals surface area contributed by atoms with E-state index >= 15 is 0 Å². The van der Waals surface area contributed by atoms with E-state index in [1.807, 2.05) is 32.0 Å². The summed E-state index contributed by atoms with van der Waals surface area (Å²) < 4.78 is 28.1. The molecule has 33 heavy (non-hydrogen) atoms. The van der Waals surface area contributed by atoms with Crippen LogP contribution in [0.5, 0.6) is 0 Å². The van der Waals surface area contributed by atoms with Gasteiger partial charge in [0.25, 0.3) is 0 Å². The first-order valence-corrected chi connectivity index (χ1v) is 13.0. The second-order valence-corrected chi connectivity index (χ2v) is 10.9. The normalized spacial score (nSPS) is 19.6. The molecule has 2 amide bonds. The van der Waals surface area contributed by atoms with E-state index in [-0.39, 0.29) is 29.2 Å². The van der Waals surface area contributed by atoms with Gasteiger partial charge >= 0.3 is 0 Å². The average molecular weight is 470 g/mol. The van der Waals surface area contributed by atoms with Crippen LogP contribution in [0.25, 0.3) is 0 Å². The molecule has 1 atom stereocenters. The Hall–Kier alpha value is -2.71. The van der Waals surface area contributed by atoms with Crippen molar-refractivity contribution >= 4 is 33.2 Å². The number of nitrogens with one attached hydrogen (secondary N) is 2. The fourth-order valence-electron chi connectivity index (χ4n) is 4.50. The van der Waals surface area contributed by atoms with Crippen LogP contribution in [-0.2, 0) is 19.6 Å². The highest BCUT2D eigenvalue weighted by atomic mass is 32.2. The number of carbonyl (C=O) groups is 2. The average Bonchev–Trinajstić information content (AvgIpc) is 3.18. The lowest BCUT2D eigenvalue weighted by atomic mass is 9.96. The molecular formula is C25H31N3O4S. The monoisotopic (exact) mass is 469 g/mol. The van der Waals surface area contributed by atoms with Crippen LogP contribution < -0.4 is 14.9 Å². The van der Waals surface area contributed by atoms with Crippen molar-refractivity contribution in [2.75, 3.05) is 16.8 Å². The van der Waals surface area contributed by atoms with Crippen molar-refractivity contribution in [3.8, 4) is 0 Å². The predicted octanol–water partition coefficient (Wildman–Crippen LogP) is 3.91. The lowest BCUT2D eigenvalue weighted by molar-refractivity contribution is -0.122. The third-order valence-electron chi connectivity index (χ3n) is 6.66. The van der Waals surface area contributed by atoms with Gasteiger partial charge in [0, 0.05) is 30.4 Å². The number of benzene rings is 2. The minimum absolute atomic E-state index is 0.0108. The summed E-state index contributed by atoms with van der Waals surface area (Å²) in [5.41, 5.74) is 3.56. The Balaban J connectivity index is 1.37. The molecule has 2 aromatic rings. The van der Waals surface area contributed by atoms with Gasteiger partial charge in [-0.15, -0.1) is 0 Å². The van der Waals surface area contributed by atoms with Gasteiger partial charge in [-0.1, -0.05) is 25.3 Å². The first kappa shape index (κ1) is 23.4. The molecule has 1 aliphatic carbocycles. The summed E-state index contributed by atoms with van der Waals surface area (Å²) in [6, 6.07) is 12.0. The molecule has 4 rings (SSSR count). The maximum atomic E-state index is 12.8. The third-order valence-corrected chi connectivity index (χ3v) is 8.19. The molecule has 0 aromatic heterocycles. The maximum Gasteiger partial charge on any atom is 0.240 e. The summed E-state index contributed by atoms with van der Waals surface area (Å²) in [5.74, 6) is -0.783. The van der Waals surface area contributed by atoms with Gasteiger partial charge in [0.2, 0.25) is 21.8 Å². The zero-order valence-electron chi connectivity index (χ0n) is 19.1. The number of sulfonamides is 1. The molecule has 176 valence electrons. The number of amides is 2. The van der Waals surface area contributed by atoms with Crippen LogP contribution in [-0.4, -0.2) is 32.8 Å². The Labute approximate surface area is 195 Å². The van der Waals surface area contributed by atoms with E-state index in [1.54, 1.807) is 17.0 Å². The summed E-state index contributed by atoms with van der Waals surface area (Å²) in [4.78, 5) is 27.2. The minimum atomic E-state index is -3.59. The highest BCUT2D eigenvalue weighted by Gasteiger charge is 2.35. The molecule has 0 radical (unpaired) electrons. The second-order valence-electron chi connectivity index (χ2n) is 9.14. The summed E-state index contributed by atoms with van der Waals surface area (Å²) in [6.45, 7) is 4.34. The molecule has 1 aliphatic heterocycles. The lowest BCUT2D eigenvalue weighted by Gasteiger charge is -2.22. The number of carbonyl (C=O) groups excluding carboxylic acids is 2. The number of nitrogens with zero attached hydrogens (tertiary/aromatic N) is 1. The Morgan fingerprint density at radius 1 is 0.970 bits per heavy atom. The number of hydrogen-bond acceptors (Lipinski definition) is 4. The lowest BCUT2D eigenvalue weighted by Crippen LogP contribution is -2.36. The SMILES string of the molecule is Cc1ccc(N2CC(C(=O)Nc3ccc(S(=O)(=O)NC4CCCCC4)cc3)CC2=O)cc1C. The smallest absolute Gasteiger partial charge is 0.240 e. The molecule has 2 N–H and O–H groups in total. The van der Waals surface area contributed by atoms with Crippen LogP contribution in [0.2, 0.25) is 0 Å². The number of rotatable bonds is 6. The molecule has 2 aromatic carbocycles. The summed E-state index contributed by atoms with van der Waals surface area (Å²) >= 11 is 0. The van der Waals surface area contributed by atoms with Crippen molar-refractivity contribution in [2.24, 2.45) is 5.92 Å². The molecule has 1 heterocycles. The van der Waals surface area contributed by atoms with Gasteiger partial charge in [0.05, 0.1) is 10.8 Å². The van der Waals surface area contributed by atoms with E-state index in [0.29, 0.717) is 12.2 Å². The predicted molar refractivity (Wildman–Crippen MR) is 129 cm³/mol. The van der Waals surface area contributed by atoms with Crippen LogP contribution in [0.15, 0.2) is 47.4 Å². The fraction of sp³-hybridized carbons (Fsp3) is 0.440. The summed E-state index contributed by atoms with van der Waals surface area (Å²) in [6.07, 6.45) is 5.13. The Morgan fingerprint density at radius 2 is 1.67 bits per heavy atom. The molecular weight excluding hydrogens is 438 g/mol. The first-order valence-electron chi connectivity index (χ1n) is 11.5. The van der Waals surface area contributed by atoms with E-state index in [2.05, 4.69) is 10.0 Å². The van der Waals surface area contributed by atoms with Gasteiger partial charge in [-0.05, 0) is 74.2 Å². The van der Waals surface area contributed by atoms with Gasteiger partial charge in [-0.3, -0.25) is 9.59 Å². The van der Waals surface area contributed by atoms with Gasteiger partial charge in [-0.2, -0.15) is 0 Å². The highest BCUT2D eigenvalue weighted by molar-refractivity contribution is 7.89. The number of anilines is 2. The van der Waals surface area contributed by atoms with Crippen molar-refractivity contribution < 1.29 is 18.0 Å². The molecule has 7 nitrogen and oxygen atoms in total. The van der Waals surface area contributed by atoms with Crippen molar-refractivity contribution in [1.29, 1.82) is 0 Å². The third kappa shape index (κ3) is 5.45. The first-order chi connectivity index (χ1) is 15.7. The van der Waals surface area contributed by atoms with Crippen molar-refractivity contribution in [3.05, 3.63) is 53.6 Å². The second kappa shape index (κ2) is 9.65. The quantitative estimate of drug-likeness (QED) is 0.671.